The van der Waals surface area contributed by atoms with E-state index in [4.69, 9.17) is 5.11 Å². The molecule has 1 unspecified atom stereocenters. The number of benzene rings is 1. The van der Waals surface area contributed by atoms with E-state index in [9.17, 15) is 22.8 Å². The van der Waals surface area contributed by atoms with Crippen molar-refractivity contribution < 1.29 is 27.9 Å². The zero-order valence-electron chi connectivity index (χ0n) is 10.5. The van der Waals surface area contributed by atoms with Gasteiger partial charge >= 0.3 is 12.0 Å². The number of rotatable bonds is 5. The first-order valence-electron chi connectivity index (χ1n) is 5.80. The maximum absolute atomic E-state index is 13.3. The van der Waals surface area contributed by atoms with Gasteiger partial charge in [-0.05, 0) is 6.42 Å². The van der Waals surface area contributed by atoms with Crippen molar-refractivity contribution in [2.24, 2.45) is 0 Å². The topological polar surface area (TPSA) is 78.4 Å². The summed E-state index contributed by atoms with van der Waals surface area (Å²) in [5.41, 5.74) is -0.581. The molecule has 5 nitrogen and oxygen atoms in total. The lowest BCUT2D eigenvalue weighted by Gasteiger charge is -2.14. The van der Waals surface area contributed by atoms with Gasteiger partial charge in [-0.25, -0.2) is 22.8 Å². The Labute approximate surface area is 112 Å². The molecule has 0 bridgehead atoms. The van der Waals surface area contributed by atoms with Crippen molar-refractivity contribution in [1.82, 2.24) is 5.32 Å². The molecule has 8 heteroatoms. The summed E-state index contributed by atoms with van der Waals surface area (Å²) in [4.78, 5) is 22.3. The van der Waals surface area contributed by atoms with Crippen LogP contribution >= 0.6 is 0 Å². The van der Waals surface area contributed by atoms with Crippen molar-refractivity contribution in [1.29, 1.82) is 0 Å². The van der Waals surface area contributed by atoms with Crippen molar-refractivity contribution in [3.05, 3.63) is 29.6 Å². The van der Waals surface area contributed by atoms with Crippen LogP contribution in [0.25, 0.3) is 0 Å². The average Bonchev–Trinajstić information content (AvgIpc) is 2.35. The van der Waals surface area contributed by atoms with E-state index >= 15 is 0 Å². The van der Waals surface area contributed by atoms with Crippen molar-refractivity contribution in [2.45, 2.75) is 25.8 Å². The van der Waals surface area contributed by atoms with Crippen LogP contribution in [0.1, 0.15) is 19.8 Å². The van der Waals surface area contributed by atoms with Gasteiger partial charge in [-0.15, -0.1) is 0 Å². The molecule has 1 aromatic rings. The van der Waals surface area contributed by atoms with Gasteiger partial charge < -0.3 is 15.7 Å². The van der Waals surface area contributed by atoms with Crippen LogP contribution in [-0.4, -0.2) is 23.1 Å². The molecule has 0 heterocycles. The van der Waals surface area contributed by atoms with Gasteiger partial charge in [0.1, 0.15) is 11.9 Å². The van der Waals surface area contributed by atoms with Crippen LogP contribution in [-0.2, 0) is 4.79 Å². The number of halogens is 3. The third-order valence-corrected chi connectivity index (χ3v) is 2.44. The fourth-order valence-electron chi connectivity index (χ4n) is 1.48. The molecule has 0 fully saturated rings. The van der Waals surface area contributed by atoms with Gasteiger partial charge in [0.05, 0.1) is 5.69 Å². The molecule has 0 saturated heterocycles. The highest BCUT2D eigenvalue weighted by molar-refractivity contribution is 5.92. The van der Waals surface area contributed by atoms with Crippen molar-refractivity contribution in [3.8, 4) is 0 Å². The van der Waals surface area contributed by atoms with Gasteiger partial charge in [-0.3, -0.25) is 0 Å². The zero-order valence-corrected chi connectivity index (χ0v) is 10.5. The molecule has 0 spiro atoms. The Hall–Kier alpha value is -2.25. The molecule has 20 heavy (non-hydrogen) atoms. The minimum absolute atomic E-state index is 0.184. The number of carbonyl (C=O) groups excluding carboxylic acids is 1. The van der Waals surface area contributed by atoms with Gasteiger partial charge in [0.2, 0.25) is 0 Å². The number of carboxylic acids is 1. The van der Waals surface area contributed by atoms with Crippen LogP contribution in [0, 0.1) is 17.5 Å². The normalized spacial score (nSPS) is 11.8. The monoisotopic (exact) mass is 290 g/mol. The molecule has 0 aliphatic heterocycles. The fraction of sp³-hybridized carbons (Fsp3) is 0.333. The molecule has 0 aliphatic rings. The smallest absolute Gasteiger partial charge is 0.326 e. The van der Waals surface area contributed by atoms with Crippen LogP contribution in [0.15, 0.2) is 12.1 Å². The lowest BCUT2D eigenvalue weighted by atomic mass is 10.2. The van der Waals surface area contributed by atoms with Gasteiger partial charge in [0.15, 0.2) is 11.6 Å². The summed E-state index contributed by atoms with van der Waals surface area (Å²) < 4.78 is 38.9. The van der Waals surface area contributed by atoms with Crippen LogP contribution in [0.5, 0.6) is 0 Å². The first-order valence-corrected chi connectivity index (χ1v) is 5.80. The highest BCUT2D eigenvalue weighted by atomic mass is 19.2. The van der Waals surface area contributed by atoms with Gasteiger partial charge in [-0.1, -0.05) is 13.3 Å². The number of hydrogen-bond acceptors (Lipinski definition) is 2. The Kier molecular flexibility index (Phi) is 5.36. The molecule has 0 saturated carbocycles. The summed E-state index contributed by atoms with van der Waals surface area (Å²) in [6.45, 7) is 1.73. The molecule has 1 atom stereocenters. The maximum atomic E-state index is 13.3. The molecule has 1 aromatic carbocycles. The van der Waals surface area contributed by atoms with E-state index in [1.807, 2.05) is 5.32 Å². The Bertz CT molecular complexity index is 523. The number of anilines is 1. The summed E-state index contributed by atoms with van der Waals surface area (Å²) in [5.74, 6) is -5.12. The summed E-state index contributed by atoms with van der Waals surface area (Å²) in [5, 5.41) is 12.8. The molecule has 110 valence electrons. The SMILES string of the molecule is CCCC(NC(=O)Nc1cc(F)c(F)cc1F)C(=O)O. The van der Waals surface area contributed by atoms with E-state index in [-0.39, 0.29) is 12.5 Å². The summed E-state index contributed by atoms with van der Waals surface area (Å²) in [6, 6.07) is -1.41. The Morgan fingerprint density at radius 1 is 1.20 bits per heavy atom. The maximum Gasteiger partial charge on any atom is 0.326 e. The third-order valence-electron chi connectivity index (χ3n) is 2.44. The Balaban J connectivity index is 2.75. The number of amides is 2. The number of carbonyl (C=O) groups is 2. The molecular weight excluding hydrogens is 277 g/mol. The zero-order chi connectivity index (χ0) is 15.3. The molecular formula is C12H13F3N2O3. The standard InChI is InChI=1S/C12H13F3N2O3/c1-2-3-9(11(18)19)16-12(20)17-10-5-7(14)6(13)4-8(10)15/h4-5,9H,2-3H2,1H3,(H,18,19)(H2,16,17,20). The summed E-state index contributed by atoms with van der Waals surface area (Å²) >= 11 is 0. The third kappa shape index (κ3) is 4.15. The minimum Gasteiger partial charge on any atom is -0.480 e. The number of hydrogen-bond donors (Lipinski definition) is 3. The molecule has 0 aliphatic carbocycles. The fourth-order valence-corrected chi connectivity index (χ4v) is 1.48. The number of nitrogens with one attached hydrogen (secondary N) is 2. The highest BCUT2D eigenvalue weighted by Crippen LogP contribution is 2.18. The number of carboxylic acid groups (broad SMARTS) is 1. The quantitative estimate of drug-likeness (QED) is 0.729. The second kappa shape index (κ2) is 6.78. The first-order chi connectivity index (χ1) is 9.35. The van der Waals surface area contributed by atoms with Crippen molar-refractivity contribution in [3.63, 3.8) is 0 Å². The Morgan fingerprint density at radius 3 is 2.35 bits per heavy atom. The van der Waals surface area contributed by atoms with Gasteiger partial charge in [0.25, 0.3) is 0 Å². The lowest BCUT2D eigenvalue weighted by molar-refractivity contribution is -0.139. The lowest BCUT2D eigenvalue weighted by Crippen LogP contribution is -2.43. The predicted molar refractivity (Wildman–Crippen MR) is 64.8 cm³/mol. The summed E-state index contributed by atoms with van der Waals surface area (Å²) in [6.07, 6.45) is 0.694. The van der Waals surface area contributed by atoms with E-state index in [1.54, 1.807) is 6.92 Å². The average molecular weight is 290 g/mol. The number of aliphatic carboxylic acids is 1. The van der Waals surface area contributed by atoms with E-state index in [0.717, 1.165) is 0 Å². The minimum atomic E-state index is -1.39. The largest absolute Gasteiger partial charge is 0.480 e. The van der Waals surface area contributed by atoms with E-state index in [0.29, 0.717) is 12.5 Å². The molecule has 0 aromatic heterocycles. The molecule has 3 N–H and O–H groups in total. The van der Waals surface area contributed by atoms with Crippen LogP contribution < -0.4 is 10.6 Å². The predicted octanol–water partition coefficient (Wildman–Crippen LogP) is 2.48. The molecule has 2 amide bonds. The second-order valence-electron chi connectivity index (χ2n) is 4.02. The summed E-state index contributed by atoms with van der Waals surface area (Å²) in [7, 11) is 0. The van der Waals surface area contributed by atoms with Crippen LogP contribution in [0.3, 0.4) is 0 Å². The molecule has 0 radical (unpaired) electrons. The van der Waals surface area contributed by atoms with Crippen molar-refractivity contribution >= 4 is 17.7 Å². The first kappa shape index (κ1) is 15.8. The second-order valence-corrected chi connectivity index (χ2v) is 4.02. The Morgan fingerprint density at radius 2 is 1.80 bits per heavy atom. The van der Waals surface area contributed by atoms with Crippen molar-refractivity contribution in [2.75, 3.05) is 5.32 Å². The van der Waals surface area contributed by atoms with Gasteiger partial charge in [0, 0.05) is 12.1 Å². The molecule has 1 rings (SSSR count). The van der Waals surface area contributed by atoms with E-state index < -0.39 is 41.2 Å². The number of urea groups is 1. The van der Waals surface area contributed by atoms with Crippen LogP contribution in [0.4, 0.5) is 23.7 Å². The highest BCUT2D eigenvalue weighted by Gasteiger charge is 2.20. The van der Waals surface area contributed by atoms with Gasteiger partial charge in [-0.2, -0.15) is 0 Å². The van der Waals surface area contributed by atoms with Crippen LogP contribution in [0.2, 0.25) is 0 Å². The van der Waals surface area contributed by atoms with E-state index in [2.05, 4.69) is 5.32 Å². The van der Waals surface area contributed by atoms with E-state index in [1.165, 1.54) is 0 Å².